The van der Waals surface area contributed by atoms with E-state index in [2.05, 4.69) is 0 Å². The summed E-state index contributed by atoms with van der Waals surface area (Å²) in [6.45, 7) is 4.96. The molecule has 1 amide bonds. The minimum atomic E-state index is -4.61. The number of anilines is 2. The van der Waals surface area contributed by atoms with Crippen LogP contribution in [-0.2, 0) is 15.8 Å². The van der Waals surface area contributed by atoms with Crippen LogP contribution in [0.15, 0.2) is 59.9 Å². The highest BCUT2D eigenvalue weighted by molar-refractivity contribution is 6.17. The van der Waals surface area contributed by atoms with Gasteiger partial charge in [-0.2, -0.15) is 13.2 Å². The lowest BCUT2D eigenvalue weighted by Gasteiger charge is -2.29. The summed E-state index contributed by atoms with van der Waals surface area (Å²) in [6.07, 6.45) is -4.61. The third-order valence-electron chi connectivity index (χ3n) is 5.31. The number of rotatable bonds is 4. The summed E-state index contributed by atoms with van der Waals surface area (Å²) in [5, 5.41) is 10.7. The Labute approximate surface area is 184 Å². The number of alkyl halides is 3. The molecule has 2 aromatic carbocycles. The largest absolute Gasteiger partial charge is 0.503 e. The maximum absolute atomic E-state index is 13.3. The fraction of sp³-hybridized carbons (Fsp3) is 0.333. The second kappa shape index (κ2) is 8.00. The van der Waals surface area contributed by atoms with E-state index in [0.717, 1.165) is 22.7 Å². The number of halogens is 3. The van der Waals surface area contributed by atoms with Crippen LogP contribution in [0, 0.1) is 5.41 Å². The highest BCUT2D eigenvalue weighted by atomic mass is 19.4. The normalized spacial score (nSPS) is 17.2. The Morgan fingerprint density at radius 3 is 2.12 bits per heavy atom. The van der Waals surface area contributed by atoms with Crippen molar-refractivity contribution in [3.05, 3.63) is 71.0 Å². The monoisotopic (exact) mass is 446 g/mol. The van der Waals surface area contributed by atoms with Crippen molar-refractivity contribution >= 4 is 23.1 Å². The molecule has 0 spiro atoms. The van der Waals surface area contributed by atoms with Crippen LogP contribution in [0.4, 0.5) is 24.5 Å². The highest BCUT2D eigenvalue weighted by Crippen LogP contribution is 2.44. The Kier molecular flexibility index (Phi) is 5.84. The molecule has 1 unspecified atom stereocenters. The third-order valence-corrected chi connectivity index (χ3v) is 5.31. The number of carbonyl (C=O) groups is 2. The Balaban J connectivity index is 2.20. The zero-order valence-corrected chi connectivity index (χ0v) is 18.5. The van der Waals surface area contributed by atoms with Gasteiger partial charge in [0.1, 0.15) is 0 Å². The lowest BCUT2D eigenvalue weighted by atomic mass is 9.82. The van der Waals surface area contributed by atoms with Gasteiger partial charge in [0, 0.05) is 30.9 Å². The Morgan fingerprint density at radius 2 is 1.62 bits per heavy atom. The van der Waals surface area contributed by atoms with Crippen molar-refractivity contribution in [3.8, 4) is 0 Å². The molecule has 0 saturated heterocycles. The van der Waals surface area contributed by atoms with E-state index in [1.807, 2.05) is 19.0 Å². The van der Waals surface area contributed by atoms with Gasteiger partial charge in [-0.15, -0.1) is 0 Å². The number of amides is 1. The van der Waals surface area contributed by atoms with Crippen LogP contribution in [0.5, 0.6) is 0 Å². The third kappa shape index (κ3) is 4.22. The van der Waals surface area contributed by atoms with Gasteiger partial charge in [-0.25, -0.2) is 0 Å². The number of hydrogen-bond acceptors (Lipinski definition) is 4. The topological polar surface area (TPSA) is 60.9 Å². The van der Waals surface area contributed by atoms with Gasteiger partial charge in [0.15, 0.2) is 11.5 Å². The first-order chi connectivity index (χ1) is 14.7. The van der Waals surface area contributed by atoms with Crippen molar-refractivity contribution in [3.63, 3.8) is 0 Å². The number of benzene rings is 2. The second-order valence-corrected chi connectivity index (χ2v) is 8.95. The molecule has 1 N–H and O–H groups in total. The maximum Gasteiger partial charge on any atom is 0.416 e. The van der Waals surface area contributed by atoms with Gasteiger partial charge in [0.05, 0.1) is 17.2 Å². The summed E-state index contributed by atoms with van der Waals surface area (Å²) in [7, 11) is 3.70. The molecule has 8 heteroatoms. The van der Waals surface area contributed by atoms with E-state index in [-0.39, 0.29) is 11.3 Å². The summed E-state index contributed by atoms with van der Waals surface area (Å²) in [4.78, 5) is 29.2. The molecule has 1 aliphatic heterocycles. The molecule has 3 rings (SSSR count). The molecule has 0 fully saturated rings. The number of Topliss-reactive ketones (excluding diaryl/α,β-unsaturated/α-hetero) is 1. The van der Waals surface area contributed by atoms with E-state index >= 15 is 0 Å². The van der Waals surface area contributed by atoms with Crippen molar-refractivity contribution < 1.29 is 27.9 Å². The Morgan fingerprint density at radius 1 is 1.03 bits per heavy atom. The van der Waals surface area contributed by atoms with Crippen LogP contribution in [-0.4, -0.2) is 30.9 Å². The van der Waals surface area contributed by atoms with Gasteiger partial charge in [-0.05, 0) is 35.9 Å². The van der Waals surface area contributed by atoms with Gasteiger partial charge in [0.25, 0.3) is 5.91 Å². The fourth-order valence-electron chi connectivity index (χ4n) is 3.61. The van der Waals surface area contributed by atoms with Crippen molar-refractivity contribution in [2.75, 3.05) is 23.9 Å². The lowest BCUT2D eigenvalue weighted by molar-refractivity contribution is -0.137. The van der Waals surface area contributed by atoms with Crippen LogP contribution < -0.4 is 9.80 Å². The molecule has 1 aliphatic rings. The molecule has 170 valence electrons. The van der Waals surface area contributed by atoms with E-state index in [0.29, 0.717) is 5.56 Å². The van der Waals surface area contributed by atoms with Gasteiger partial charge in [-0.3, -0.25) is 14.5 Å². The summed E-state index contributed by atoms with van der Waals surface area (Å²) in [5.74, 6) is -2.12. The maximum atomic E-state index is 13.3. The zero-order chi connectivity index (χ0) is 24.0. The first-order valence-corrected chi connectivity index (χ1v) is 9.99. The van der Waals surface area contributed by atoms with Gasteiger partial charge >= 0.3 is 6.18 Å². The molecule has 0 bridgehead atoms. The Hall–Kier alpha value is -3.29. The quantitative estimate of drug-likeness (QED) is 0.694. The van der Waals surface area contributed by atoms with Crippen LogP contribution >= 0.6 is 0 Å². The number of nitrogens with zero attached hydrogens (tertiary/aromatic N) is 2. The average molecular weight is 446 g/mol. The first kappa shape index (κ1) is 23.4. The molecule has 0 saturated carbocycles. The van der Waals surface area contributed by atoms with Crippen molar-refractivity contribution in [2.24, 2.45) is 5.41 Å². The van der Waals surface area contributed by atoms with Crippen LogP contribution in [0.25, 0.3) is 0 Å². The number of aliphatic hydroxyl groups excluding tert-OH is 1. The number of hydrogen-bond donors (Lipinski definition) is 1. The molecule has 5 nitrogen and oxygen atoms in total. The standard InChI is InChI=1S/C24H25F3N2O3/c1-23(2,3)21(31)18-19(14-9-11-16(12-10-14)28(4)5)29(22(32)20(18)30)17-8-6-7-15(13-17)24(25,26)27/h6-13,19,30H,1-5H3. The summed E-state index contributed by atoms with van der Waals surface area (Å²) in [6, 6.07) is 10.2. The lowest BCUT2D eigenvalue weighted by Crippen LogP contribution is -2.33. The minimum Gasteiger partial charge on any atom is -0.503 e. The predicted octanol–water partition coefficient (Wildman–Crippen LogP) is 5.29. The van der Waals surface area contributed by atoms with E-state index in [9.17, 15) is 27.9 Å². The molecule has 32 heavy (non-hydrogen) atoms. The predicted molar refractivity (Wildman–Crippen MR) is 117 cm³/mol. The van der Waals surface area contributed by atoms with Gasteiger partial charge < -0.3 is 10.0 Å². The smallest absolute Gasteiger partial charge is 0.416 e. The number of aliphatic hydroxyl groups is 1. The zero-order valence-electron chi connectivity index (χ0n) is 18.5. The number of ketones is 1. The van der Waals surface area contributed by atoms with E-state index in [1.165, 1.54) is 12.1 Å². The van der Waals surface area contributed by atoms with Crippen LogP contribution in [0.3, 0.4) is 0 Å². The SMILES string of the molecule is CN(C)c1ccc(C2C(C(=O)C(C)(C)C)=C(O)C(=O)N2c2cccc(C(F)(F)F)c2)cc1. The van der Waals surface area contributed by atoms with Crippen molar-refractivity contribution in [2.45, 2.75) is 33.0 Å². The molecule has 2 aromatic rings. The second-order valence-electron chi connectivity index (χ2n) is 8.95. The molecule has 1 heterocycles. The van der Waals surface area contributed by atoms with E-state index in [1.54, 1.807) is 45.0 Å². The van der Waals surface area contributed by atoms with Crippen molar-refractivity contribution in [1.29, 1.82) is 0 Å². The molecular weight excluding hydrogens is 421 g/mol. The fourth-order valence-corrected chi connectivity index (χ4v) is 3.61. The van der Waals surface area contributed by atoms with Gasteiger partial charge in [-0.1, -0.05) is 39.0 Å². The number of carbonyl (C=O) groups excluding carboxylic acids is 2. The highest BCUT2D eigenvalue weighted by Gasteiger charge is 2.47. The minimum absolute atomic E-state index is 0.0604. The molecule has 0 radical (unpaired) electrons. The molecule has 0 aliphatic carbocycles. The molecule has 1 atom stereocenters. The summed E-state index contributed by atoms with van der Waals surface area (Å²) < 4.78 is 39.9. The van der Waals surface area contributed by atoms with Gasteiger partial charge in [0.2, 0.25) is 0 Å². The summed E-state index contributed by atoms with van der Waals surface area (Å²) >= 11 is 0. The van der Waals surface area contributed by atoms with Crippen molar-refractivity contribution in [1.82, 2.24) is 0 Å². The summed E-state index contributed by atoms with van der Waals surface area (Å²) in [5.41, 5.74) is -0.680. The van der Waals surface area contributed by atoms with E-state index < -0.39 is 40.6 Å². The van der Waals surface area contributed by atoms with E-state index in [4.69, 9.17) is 0 Å². The van der Waals surface area contributed by atoms with Crippen LogP contribution in [0.1, 0.15) is 37.9 Å². The molecular formula is C24H25F3N2O3. The van der Waals surface area contributed by atoms with Crippen LogP contribution in [0.2, 0.25) is 0 Å². The Bertz CT molecular complexity index is 1080. The molecule has 0 aromatic heterocycles. The first-order valence-electron chi connectivity index (χ1n) is 9.99. The average Bonchev–Trinajstić information content (AvgIpc) is 2.97.